The summed E-state index contributed by atoms with van der Waals surface area (Å²) in [4.78, 5) is 0. The topological polar surface area (TPSA) is 0 Å². The molecule has 0 radical (unpaired) electrons. The van der Waals surface area contributed by atoms with Crippen LogP contribution in [0.25, 0.3) is 11.6 Å². The molecule has 0 aromatic heterocycles. The molecule has 0 nitrogen and oxygen atoms in total. The monoisotopic (exact) mass is 597 g/mol. The van der Waals surface area contributed by atoms with Gasteiger partial charge in [0.25, 0.3) is 0 Å². The number of aryl methyl sites for hydroxylation is 2. The molecule has 37 heavy (non-hydrogen) atoms. The number of benzene rings is 3. The summed E-state index contributed by atoms with van der Waals surface area (Å²) < 4.78 is 1.42. The molecule has 6 rings (SSSR count). The first kappa shape index (κ1) is 29.3. The van der Waals surface area contributed by atoms with E-state index in [1.165, 1.54) is 76.9 Å². The molecule has 1 atom stereocenters. The Labute approximate surface area is 248 Å². The van der Waals surface area contributed by atoms with E-state index in [1.54, 1.807) is 0 Å². The molecule has 0 saturated heterocycles. The van der Waals surface area contributed by atoms with E-state index in [4.69, 9.17) is 0 Å². The van der Waals surface area contributed by atoms with E-state index in [0.29, 0.717) is 0 Å². The number of hydrogen-bond acceptors (Lipinski definition) is 0. The van der Waals surface area contributed by atoms with Gasteiger partial charge in [-0.15, -0.1) is 39.8 Å². The van der Waals surface area contributed by atoms with Gasteiger partial charge in [-0.1, -0.05) is 60.1 Å². The van der Waals surface area contributed by atoms with Gasteiger partial charge in [-0.05, 0) is 25.7 Å². The fourth-order valence-electron chi connectivity index (χ4n) is 4.82. The quantitative estimate of drug-likeness (QED) is 0.381. The first-order chi connectivity index (χ1) is 16.9. The van der Waals surface area contributed by atoms with Crippen LogP contribution in [0.1, 0.15) is 35.6 Å². The summed E-state index contributed by atoms with van der Waals surface area (Å²) in [6.45, 7) is 6.66. The summed E-state index contributed by atoms with van der Waals surface area (Å²) in [5.41, 5.74) is 9.44. The fourth-order valence-corrected chi connectivity index (χ4v) is 5.64. The van der Waals surface area contributed by atoms with Crippen molar-refractivity contribution in [1.82, 2.24) is 0 Å². The van der Waals surface area contributed by atoms with Crippen molar-refractivity contribution in [1.29, 1.82) is 0 Å². The van der Waals surface area contributed by atoms with Crippen molar-refractivity contribution in [3.8, 4) is 0 Å². The Balaban J connectivity index is 0.000000210. The Morgan fingerprint density at radius 3 is 2.03 bits per heavy atom. The molecular formula is C34H29Cl2Zr-. The molecule has 0 aliphatic heterocycles. The molecular weight excluding hydrogens is 571 g/mol. The maximum atomic E-state index is 3.61. The summed E-state index contributed by atoms with van der Waals surface area (Å²) in [5, 5.41) is 2.58. The number of fused-ring (bicyclic) bond motifs is 2. The summed E-state index contributed by atoms with van der Waals surface area (Å²) in [5.74, 6) is 0. The Hall–Kier alpha value is -2.31. The molecule has 0 N–H and O–H groups in total. The van der Waals surface area contributed by atoms with Gasteiger partial charge in [0.2, 0.25) is 0 Å². The predicted octanol–water partition coefficient (Wildman–Crippen LogP) is 0.324. The maximum absolute atomic E-state index is 3.61. The van der Waals surface area contributed by atoms with Crippen LogP contribution in [0.2, 0.25) is 0 Å². The number of allylic oxidation sites excluding steroid dienone is 8. The van der Waals surface area contributed by atoms with E-state index < -0.39 is 0 Å². The SMILES string of the molecule is Cc1cc2c(cc1C)=C1C=CC(C)(C3=CC=CC3)C=C1[C-]=2.[Cl-].[Cl-].[Zr+2]=[C](c1ccccc1)c1ccccc1. The summed E-state index contributed by atoms with van der Waals surface area (Å²) in [7, 11) is 0. The van der Waals surface area contributed by atoms with Crippen molar-refractivity contribution in [2.75, 3.05) is 0 Å². The third-order valence-corrected chi connectivity index (χ3v) is 8.53. The Morgan fingerprint density at radius 1 is 0.865 bits per heavy atom. The van der Waals surface area contributed by atoms with Crippen molar-refractivity contribution < 1.29 is 49.0 Å². The van der Waals surface area contributed by atoms with Gasteiger partial charge >= 0.3 is 99.2 Å². The van der Waals surface area contributed by atoms with Gasteiger partial charge in [0.15, 0.2) is 0 Å². The van der Waals surface area contributed by atoms with Crippen molar-refractivity contribution >= 4 is 14.9 Å². The fraction of sp³-hybridized carbons (Fsp3) is 0.147. The van der Waals surface area contributed by atoms with E-state index in [2.05, 4.69) is 136 Å². The van der Waals surface area contributed by atoms with E-state index in [1.807, 2.05) is 0 Å². The van der Waals surface area contributed by atoms with Crippen LogP contribution < -0.4 is 35.3 Å². The first-order valence-electron chi connectivity index (χ1n) is 12.2. The molecule has 3 aliphatic rings. The minimum absolute atomic E-state index is 0. The van der Waals surface area contributed by atoms with Gasteiger partial charge in [-0.25, -0.2) is 0 Å². The second-order valence-electron chi connectivity index (χ2n) is 9.63. The second-order valence-corrected chi connectivity index (χ2v) is 10.9. The van der Waals surface area contributed by atoms with Crippen LogP contribution >= 0.6 is 0 Å². The zero-order valence-electron chi connectivity index (χ0n) is 21.4. The Morgan fingerprint density at radius 2 is 1.46 bits per heavy atom. The predicted molar refractivity (Wildman–Crippen MR) is 145 cm³/mol. The summed E-state index contributed by atoms with van der Waals surface area (Å²) in [6, 6.07) is 25.7. The average molecular weight is 600 g/mol. The molecule has 184 valence electrons. The van der Waals surface area contributed by atoms with E-state index in [-0.39, 0.29) is 30.2 Å². The van der Waals surface area contributed by atoms with Crippen LogP contribution in [0.15, 0.2) is 120 Å². The van der Waals surface area contributed by atoms with Gasteiger partial charge in [-0.3, -0.25) is 0 Å². The van der Waals surface area contributed by atoms with Gasteiger partial charge in [0.1, 0.15) is 0 Å². The van der Waals surface area contributed by atoms with Crippen molar-refractivity contribution in [3.63, 3.8) is 0 Å². The number of halogens is 2. The van der Waals surface area contributed by atoms with E-state index >= 15 is 0 Å². The minimum atomic E-state index is 0. The van der Waals surface area contributed by atoms with Crippen LogP contribution in [0.4, 0.5) is 0 Å². The van der Waals surface area contributed by atoms with E-state index in [0.717, 1.165) is 6.42 Å². The number of rotatable bonds is 3. The molecule has 0 saturated carbocycles. The third kappa shape index (κ3) is 6.23. The van der Waals surface area contributed by atoms with Crippen LogP contribution in [-0.2, 0) is 24.2 Å². The van der Waals surface area contributed by atoms with Gasteiger partial charge in [0.05, 0.1) is 0 Å². The zero-order chi connectivity index (χ0) is 24.4. The standard InChI is InChI=1S/C21H19.C13H10.2ClH.Zr/c1-14-10-16-12-17-13-21(3,18-6-4-5-7-18)9-8-19(17)20(16)11-15(14)2;1-3-7-12(8-4-1)11-13-9-5-2-6-10-13;;;/h4-6,8-11,13H,7H2,1-3H3;1-10H;2*1H;/q-1;;;;+2/p-2. The first-order valence-corrected chi connectivity index (χ1v) is 13.4. The Bertz CT molecular complexity index is 1500. The second kappa shape index (κ2) is 12.5. The molecule has 3 aromatic rings. The molecule has 0 bridgehead atoms. The summed E-state index contributed by atoms with van der Waals surface area (Å²) in [6.07, 6.45) is 18.3. The van der Waals surface area contributed by atoms with Crippen LogP contribution in [-0.4, -0.2) is 3.21 Å². The van der Waals surface area contributed by atoms with Crippen LogP contribution in [0.3, 0.4) is 0 Å². The van der Waals surface area contributed by atoms with Gasteiger partial charge in [-0.2, -0.15) is 0 Å². The molecule has 3 aliphatic carbocycles. The Kier molecular flexibility index (Phi) is 9.88. The molecule has 0 heterocycles. The van der Waals surface area contributed by atoms with Crippen molar-refractivity contribution in [2.24, 2.45) is 5.41 Å². The molecule has 3 heteroatoms. The molecule has 3 aromatic carbocycles. The van der Waals surface area contributed by atoms with E-state index in [9.17, 15) is 0 Å². The third-order valence-electron chi connectivity index (χ3n) is 7.11. The molecule has 0 fully saturated rings. The van der Waals surface area contributed by atoms with Crippen LogP contribution in [0.5, 0.6) is 0 Å². The molecule has 1 unspecified atom stereocenters. The van der Waals surface area contributed by atoms with Crippen molar-refractivity contribution in [2.45, 2.75) is 27.2 Å². The van der Waals surface area contributed by atoms with Gasteiger partial charge < -0.3 is 24.8 Å². The average Bonchev–Trinajstić information content (AvgIpc) is 3.54. The normalized spacial score (nSPS) is 18.1. The summed E-state index contributed by atoms with van der Waals surface area (Å²) >= 11 is 1.46. The number of hydrogen-bond donors (Lipinski definition) is 0. The molecule has 0 amide bonds. The molecule has 0 spiro atoms. The van der Waals surface area contributed by atoms with Crippen LogP contribution in [0, 0.1) is 19.3 Å². The zero-order valence-corrected chi connectivity index (χ0v) is 25.3. The van der Waals surface area contributed by atoms with Crippen molar-refractivity contribution in [3.05, 3.63) is 153 Å². The van der Waals surface area contributed by atoms with Gasteiger partial charge in [0, 0.05) is 0 Å².